The predicted octanol–water partition coefficient (Wildman–Crippen LogP) is 3.97. The van der Waals surface area contributed by atoms with Crippen LogP contribution in [0.4, 0.5) is 0 Å². The summed E-state index contributed by atoms with van der Waals surface area (Å²) in [6, 6.07) is 22.1. The first-order valence-corrected chi connectivity index (χ1v) is 9.36. The zero-order valence-corrected chi connectivity index (χ0v) is 16.5. The van der Waals surface area contributed by atoms with Crippen LogP contribution >= 0.6 is 11.6 Å². The third kappa shape index (κ3) is 5.80. The number of amides is 2. The van der Waals surface area contributed by atoms with E-state index in [0.717, 1.165) is 5.56 Å². The summed E-state index contributed by atoms with van der Waals surface area (Å²) in [4.78, 5) is 25.2. The molecule has 3 aromatic carbocycles. The maximum absolute atomic E-state index is 12.7. The van der Waals surface area contributed by atoms with Gasteiger partial charge in [-0.05, 0) is 42.0 Å². The maximum atomic E-state index is 12.7. The molecule has 0 aliphatic carbocycles. The molecular weight excluding hydrogens is 402 g/mol. The van der Waals surface area contributed by atoms with Crippen molar-refractivity contribution in [2.24, 2.45) is 5.10 Å². The molecule has 3 N–H and O–H groups in total. The topological polar surface area (TPSA) is 90.8 Å². The molecule has 3 rings (SSSR count). The Bertz CT molecular complexity index is 1100. The first-order valence-electron chi connectivity index (χ1n) is 8.98. The van der Waals surface area contributed by atoms with E-state index in [4.69, 9.17) is 11.6 Å². The second-order valence-corrected chi connectivity index (χ2v) is 6.63. The van der Waals surface area contributed by atoms with Crippen LogP contribution in [0, 0.1) is 0 Å². The number of carbonyl (C=O) groups excluding carboxylic acids is 2. The number of nitrogens with zero attached hydrogens (tertiary/aromatic N) is 1. The molecule has 0 atom stereocenters. The predicted molar refractivity (Wildman–Crippen MR) is 117 cm³/mol. The Labute approximate surface area is 178 Å². The highest BCUT2D eigenvalue weighted by Gasteiger charge is 2.14. The monoisotopic (exact) mass is 419 g/mol. The molecule has 0 unspecified atom stereocenters. The van der Waals surface area contributed by atoms with Gasteiger partial charge in [-0.25, -0.2) is 5.43 Å². The van der Waals surface area contributed by atoms with Crippen LogP contribution in [0.15, 0.2) is 89.7 Å². The number of benzene rings is 3. The summed E-state index contributed by atoms with van der Waals surface area (Å²) >= 11 is 5.90. The summed E-state index contributed by atoms with van der Waals surface area (Å²) in [5, 5.41) is 16.7. The quantitative estimate of drug-likeness (QED) is 0.321. The number of hydrazone groups is 1. The van der Waals surface area contributed by atoms with Crippen LogP contribution in [-0.4, -0.2) is 23.1 Å². The molecule has 0 heterocycles. The molecule has 3 aromatic rings. The minimum Gasteiger partial charge on any atom is -0.507 e. The van der Waals surface area contributed by atoms with Gasteiger partial charge in [0.15, 0.2) is 0 Å². The van der Waals surface area contributed by atoms with Crippen LogP contribution in [0.1, 0.15) is 21.5 Å². The van der Waals surface area contributed by atoms with Crippen molar-refractivity contribution in [3.63, 3.8) is 0 Å². The summed E-state index contributed by atoms with van der Waals surface area (Å²) in [6.45, 7) is 0. The van der Waals surface area contributed by atoms with Crippen molar-refractivity contribution in [3.8, 4) is 5.75 Å². The Morgan fingerprint density at radius 2 is 1.60 bits per heavy atom. The third-order valence-electron chi connectivity index (χ3n) is 4.00. The van der Waals surface area contributed by atoms with Gasteiger partial charge in [-0.15, -0.1) is 0 Å². The van der Waals surface area contributed by atoms with E-state index in [1.54, 1.807) is 48.5 Å². The number of phenolic OH excluding ortho intramolecular Hbond substituents is 1. The van der Waals surface area contributed by atoms with Crippen molar-refractivity contribution in [2.45, 2.75) is 0 Å². The fraction of sp³-hybridized carbons (Fsp3) is 0. The third-order valence-corrected chi connectivity index (χ3v) is 4.23. The molecule has 2 amide bonds. The molecule has 0 saturated heterocycles. The summed E-state index contributed by atoms with van der Waals surface area (Å²) in [5.74, 6) is -1.08. The lowest BCUT2D eigenvalue weighted by Gasteiger charge is -2.09. The van der Waals surface area contributed by atoms with Gasteiger partial charge in [-0.2, -0.15) is 5.10 Å². The fourth-order valence-corrected chi connectivity index (χ4v) is 2.69. The molecule has 0 bridgehead atoms. The Morgan fingerprint density at radius 1 is 0.933 bits per heavy atom. The van der Waals surface area contributed by atoms with Crippen molar-refractivity contribution >= 4 is 35.7 Å². The van der Waals surface area contributed by atoms with Gasteiger partial charge in [-0.1, -0.05) is 60.1 Å². The van der Waals surface area contributed by atoms with Gasteiger partial charge in [-0.3, -0.25) is 9.59 Å². The number of aromatic hydroxyl groups is 1. The van der Waals surface area contributed by atoms with E-state index in [-0.39, 0.29) is 11.4 Å². The average Bonchev–Trinajstić information content (AvgIpc) is 2.77. The molecule has 30 heavy (non-hydrogen) atoms. The molecular formula is C23H18ClN3O3. The van der Waals surface area contributed by atoms with E-state index in [1.807, 2.05) is 18.2 Å². The Balaban J connectivity index is 1.79. The lowest BCUT2D eigenvalue weighted by molar-refractivity contribution is -0.117. The first kappa shape index (κ1) is 20.8. The number of rotatable bonds is 6. The summed E-state index contributed by atoms with van der Waals surface area (Å²) in [5.41, 5.74) is 3.84. The Hall–Kier alpha value is -3.90. The van der Waals surface area contributed by atoms with Crippen LogP contribution < -0.4 is 10.7 Å². The highest BCUT2D eigenvalue weighted by molar-refractivity contribution is 6.30. The van der Waals surface area contributed by atoms with Gasteiger partial charge in [0.2, 0.25) is 0 Å². The average molecular weight is 420 g/mol. The largest absolute Gasteiger partial charge is 0.507 e. The van der Waals surface area contributed by atoms with Crippen LogP contribution in [0.2, 0.25) is 5.02 Å². The second-order valence-electron chi connectivity index (χ2n) is 6.19. The maximum Gasteiger partial charge on any atom is 0.287 e. The van der Waals surface area contributed by atoms with Gasteiger partial charge in [0.1, 0.15) is 11.4 Å². The van der Waals surface area contributed by atoms with E-state index in [2.05, 4.69) is 15.8 Å². The summed E-state index contributed by atoms with van der Waals surface area (Å²) < 4.78 is 0. The number of hydrogen-bond acceptors (Lipinski definition) is 4. The molecule has 0 aromatic heterocycles. The SMILES string of the molecule is O=C(NN=Cc1cc(Cl)ccc1O)/C(=C\c1ccccc1)NC(=O)c1ccccc1. The number of carbonyl (C=O) groups is 2. The summed E-state index contributed by atoms with van der Waals surface area (Å²) in [6.07, 6.45) is 2.81. The van der Waals surface area contributed by atoms with Gasteiger partial charge in [0.25, 0.3) is 11.8 Å². The van der Waals surface area contributed by atoms with Crippen LogP contribution in [0.5, 0.6) is 5.75 Å². The van der Waals surface area contributed by atoms with Crippen molar-refractivity contribution in [1.82, 2.24) is 10.7 Å². The van der Waals surface area contributed by atoms with Crippen LogP contribution in [0.3, 0.4) is 0 Å². The zero-order valence-electron chi connectivity index (χ0n) is 15.7. The minimum atomic E-state index is -0.624. The highest BCUT2D eigenvalue weighted by Crippen LogP contribution is 2.19. The molecule has 6 nitrogen and oxygen atoms in total. The fourth-order valence-electron chi connectivity index (χ4n) is 2.51. The molecule has 150 valence electrons. The van der Waals surface area contributed by atoms with Gasteiger partial charge in [0, 0.05) is 16.1 Å². The van der Waals surface area contributed by atoms with E-state index in [1.165, 1.54) is 24.4 Å². The Morgan fingerprint density at radius 3 is 2.30 bits per heavy atom. The molecule has 0 spiro atoms. The number of nitrogens with one attached hydrogen (secondary N) is 2. The van der Waals surface area contributed by atoms with Gasteiger partial charge < -0.3 is 10.4 Å². The van der Waals surface area contributed by atoms with Crippen molar-refractivity contribution in [1.29, 1.82) is 0 Å². The van der Waals surface area contributed by atoms with E-state index in [0.29, 0.717) is 16.1 Å². The molecule has 0 aliphatic heterocycles. The molecule has 0 radical (unpaired) electrons. The summed E-state index contributed by atoms with van der Waals surface area (Å²) in [7, 11) is 0. The molecule has 0 saturated carbocycles. The Kier molecular flexibility index (Phi) is 6.97. The standard InChI is InChI=1S/C23H18ClN3O3/c24-19-11-12-21(28)18(14-19)15-25-27-23(30)20(13-16-7-3-1-4-8-16)26-22(29)17-9-5-2-6-10-17/h1-15,28H,(H,26,29)(H,27,30)/b20-13+,25-15?. The number of halogens is 1. The van der Waals surface area contributed by atoms with E-state index < -0.39 is 11.8 Å². The molecule has 7 heteroatoms. The lowest BCUT2D eigenvalue weighted by atomic mass is 10.1. The number of phenols is 1. The number of hydrogen-bond donors (Lipinski definition) is 3. The minimum absolute atomic E-state index is 0.0162. The van der Waals surface area contributed by atoms with E-state index in [9.17, 15) is 14.7 Å². The molecule has 0 aliphatic rings. The zero-order chi connectivity index (χ0) is 21.3. The van der Waals surface area contributed by atoms with E-state index >= 15 is 0 Å². The first-order chi connectivity index (χ1) is 14.5. The highest BCUT2D eigenvalue weighted by atomic mass is 35.5. The van der Waals surface area contributed by atoms with Gasteiger partial charge in [0.05, 0.1) is 6.21 Å². The van der Waals surface area contributed by atoms with Crippen molar-refractivity contribution in [2.75, 3.05) is 0 Å². The smallest absolute Gasteiger partial charge is 0.287 e. The lowest BCUT2D eigenvalue weighted by Crippen LogP contribution is -2.32. The second kappa shape index (κ2) is 10.0. The van der Waals surface area contributed by atoms with Crippen LogP contribution in [-0.2, 0) is 4.79 Å². The van der Waals surface area contributed by atoms with Crippen molar-refractivity contribution in [3.05, 3.63) is 106 Å². The normalized spacial score (nSPS) is 11.3. The molecule has 0 fully saturated rings. The van der Waals surface area contributed by atoms with Crippen molar-refractivity contribution < 1.29 is 14.7 Å². The van der Waals surface area contributed by atoms with Crippen LogP contribution in [0.25, 0.3) is 6.08 Å². The van der Waals surface area contributed by atoms with Gasteiger partial charge >= 0.3 is 0 Å².